The van der Waals surface area contributed by atoms with Crippen molar-refractivity contribution in [3.8, 4) is 0 Å². The van der Waals surface area contributed by atoms with Gasteiger partial charge in [-0.1, -0.05) is 0 Å². The number of piperidine rings is 1. The highest BCUT2D eigenvalue weighted by atomic mass is 16.2. The fourth-order valence-electron chi connectivity index (χ4n) is 2.79. The molecule has 21 heavy (non-hydrogen) atoms. The molecule has 7 heteroatoms. The third kappa shape index (κ3) is 2.87. The normalized spacial score (nSPS) is 16.2. The topological polar surface area (TPSA) is 77.6 Å². The smallest absolute Gasteiger partial charge is 0.317 e. The minimum Gasteiger partial charge on any atom is -0.317 e. The lowest BCUT2D eigenvalue weighted by Gasteiger charge is -2.21. The number of hydrogen-bond donors (Lipinski definition) is 1. The van der Waals surface area contributed by atoms with Gasteiger partial charge in [-0.2, -0.15) is 5.10 Å². The minimum absolute atomic E-state index is 0.0708. The van der Waals surface area contributed by atoms with Crippen molar-refractivity contribution >= 4 is 0 Å². The number of nitrogens with zero attached hydrogens (tertiary/aromatic N) is 5. The summed E-state index contributed by atoms with van der Waals surface area (Å²) in [7, 11) is 0. The zero-order chi connectivity index (χ0) is 14.7. The van der Waals surface area contributed by atoms with Crippen molar-refractivity contribution in [2.75, 3.05) is 13.1 Å². The van der Waals surface area contributed by atoms with Crippen molar-refractivity contribution in [2.45, 2.75) is 38.8 Å². The van der Waals surface area contributed by atoms with E-state index in [9.17, 15) is 4.79 Å². The molecule has 0 radical (unpaired) electrons. The van der Waals surface area contributed by atoms with E-state index in [1.165, 1.54) is 4.68 Å². The SMILES string of the molecule is CCn1c(C2CCNCC2)nn(Cc2ncccn2)c1=O. The number of aromatic nitrogens is 5. The van der Waals surface area contributed by atoms with E-state index in [2.05, 4.69) is 20.4 Å². The summed E-state index contributed by atoms with van der Waals surface area (Å²) >= 11 is 0. The highest BCUT2D eigenvalue weighted by Crippen LogP contribution is 2.22. The summed E-state index contributed by atoms with van der Waals surface area (Å²) in [4.78, 5) is 20.8. The maximum Gasteiger partial charge on any atom is 0.346 e. The van der Waals surface area contributed by atoms with Crippen molar-refractivity contribution < 1.29 is 0 Å². The summed E-state index contributed by atoms with van der Waals surface area (Å²) in [6.07, 6.45) is 5.41. The number of hydrogen-bond acceptors (Lipinski definition) is 5. The average molecular weight is 288 g/mol. The van der Waals surface area contributed by atoms with Gasteiger partial charge in [-0.25, -0.2) is 19.4 Å². The van der Waals surface area contributed by atoms with E-state index in [0.717, 1.165) is 31.8 Å². The van der Waals surface area contributed by atoms with Crippen LogP contribution in [-0.2, 0) is 13.1 Å². The Balaban J connectivity index is 1.91. The molecule has 0 unspecified atom stereocenters. The van der Waals surface area contributed by atoms with E-state index in [-0.39, 0.29) is 5.69 Å². The van der Waals surface area contributed by atoms with Gasteiger partial charge in [0.15, 0.2) is 0 Å². The standard InChI is InChI=1S/C14H20N6O/c1-2-19-13(11-4-8-15-9-5-11)18-20(14(19)21)10-12-16-6-3-7-17-12/h3,6-7,11,15H,2,4-5,8-10H2,1H3. The lowest BCUT2D eigenvalue weighted by atomic mass is 9.97. The molecule has 0 aliphatic carbocycles. The van der Waals surface area contributed by atoms with Gasteiger partial charge in [0.25, 0.3) is 0 Å². The van der Waals surface area contributed by atoms with Crippen molar-refractivity contribution in [2.24, 2.45) is 0 Å². The van der Waals surface area contributed by atoms with Gasteiger partial charge in [-0.15, -0.1) is 0 Å². The van der Waals surface area contributed by atoms with E-state index in [1.807, 2.05) is 6.92 Å². The summed E-state index contributed by atoms with van der Waals surface area (Å²) in [5, 5.41) is 7.90. The number of nitrogens with one attached hydrogen (secondary N) is 1. The highest BCUT2D eigenvalue weighted by molar-refractivity contribution is 5.01. The van der Waals surface area contributed by atoms with Crippen LogP contribution < -0.4 is 11.0 Å². The Bertz CT molecular complexity index is 641. The Morgan fingerprint density at radius 3 is 2.67 bits per heavy atom. The van der Waals surface area contributed by atoms with Crippen LogP contribution in [0.3, 0.4) is 0 Å². The molecule has 0 aromatic carbocycles. The molecule has 0 bridgehead atoms. The van der Waals surface area contributed by atoms with E-state index in [1.54, 1.807) is 23.0 Å². The predicted molar refractivity (Wildman–Crippen MR) is 78.1 cm³/mol. The second kappa shape index (κ2) is 6.17. The van der Waals surface area contributed by atoms with Crippen molar-refractivity contribution in [3.63, 3.8) is 0 Å². The van der Waals surface area contributed by atoms with Gasteiger partial charge in [0.2, 0.25) is 0 Å². The molecule has 3 heterocycles. The van der Waals surface area contributed by atoms with Crippen LogP contribution in [0.4, 0.5) is 0 Å². The fourth-order valence-corrected chi connectivity index (χ4v) is 2.79. The molecule has 2 aromatic rings. The van der Waals surface area contributed by atoms with Crippen LogP contribution in [0.1, 0.15) is 37.3 Å². The molecule has 112 valence electrons. The third-order valence-corrected chi connectivity index (χ3v) is 3.88. The molecule has 1 aliphatic heterocycles. The fraction of sp³-hybridized carbons (Fsp3) is 0.571. The Kier molecular flexibility index (Phi) is 4.10. The second-order valence-corrected chi connectivity index (χ2v) is 5.23. The molecule has 0 saturated carbocycles. The summed E-state index contributed by atoms with van der Waals surface area (Å²) < 4.78 is 3.26. The van der Waals surface area contributed by atoms with Crippen molar-refractivity contribution in [1.29, 1.82) is 0 Å². The summed E-state index contributed by atoms with van der Waals surface area (Å²) in [6.45, 7) is 4.92. The van der Waals surface area contributed by atoms with E-state index in [4.69, 9.17) is 0 Å². The molecule has 3 rings (SSSR count). The first kappa shape index (κ1) is 13.9. The largest absolute Gasteiger partial charge is 0.346 e. The van der Waals surface area contributed by atoms with E-state index in [0.29, 0.717) is 24.8 Å². The molecular formula is C14H20N6O. The maximum atomic E-state index is 12.5. The van der Waals surface area contributed by atoms with Gasteiger partial charge in [0, 0.05) is 24.9 Å². The van der Waals surface area contributed by atoms with Crippen molar-refractivity contribution in [3.05, 3.63) is 40.6 Å². The Morgan fingerprint density at radius 2 is 2.00 bits per heavy atom. The third-order valence-electron chi connectivity index (χ3n) is 3.88. The molecule has 2 aromatic heterocycles. The lowest BCUT2D eigenvalue weighted by molar-refractivity contribution is 0.429. The Morgan fingerprint density at radius 1 is 1.29 bits per heavy atom. The van der Waals surface area contributed by atoms with Gasteiger partial charge < -0.3 is 5.32 Å². The van der Waals surface area contributed by atoms with Crippen LogP contribution in [-0.4, -0.2) is 37.4 Å². The molecular weight excluding hydrogens is 268 g/mol. The first-order valence-corrected chi connectivity index (χ1v) is 7.43. The maximum absolute atomic E-state index is 12.5. The molecule has 0 amide bonds. The quantitative estimate of drug-likeness (QED) is 0.879. The highest BCUT2D eigenvalue weighted by Gasteiger charge is 2.23. The van der Waals surface area contributed by atoms with Crippen LogP contribution in [0.15, 0.2) is 23.3 Å². The zero-order valence-corrected chi connectivity index (χ0v) is 12.2. The first-order chi connectivity index (χ1) is 10.3. The number of rotatable bonds is 4. The minimum atomic E-state index is -0.0708. The van der Waals surface area contributed by atoms with E-state index >= 15 is 0 Å². The lowest BCUT2D eigenvalue weighted by Crippen LogP contribution is -2.29. The summed E-state index contributed by atoms with van der Waals surface area (Å²) in [5.74, 6) is 1.87. The van der Waals surface area contributed by atoms with Gasteiger partial charge in [-0.05, 0) is 38.9 Å². The molecule has 0 atom stereocenters. The molecule has 1 aliphatic rings. The molecule has 0 spiro atoms. The van der Waals surface area contributed by atoms with Crippen LogP contribution in [0.2, 0.25) is 0 Å². The second-order valence-electron chi connectivity index (χ2n) is 5.23. The van der Waals surface area contributed by atoms with Gasteiger partial charge >= 0.3 is 5.69 Å². The van der Waals surface area contributed by atoms with Gasteiger partial charge in [0.1, 0.15) is 18.2 Å². The first-order valence-electron chi connectivity index (χ1n) is 7.43. The Hall–Kier alpha value is -2.02. The summed E-state index contributed by atoms with van der Waals surface area (Å²) in [6, 6.07) is 1.76. The van der Waals surface area contributed by atoms with E-state index < -0.39 is 0 Å². The molecule has 1 fully saturated rings. The van der Waals surface area contributed by atoms with Gasteiger partial charge in [-0.3, -0.25) is 4.57 Å². The van der Waals surface area contributed by atoms with Crippen LogP contribution in [0.25, 0.3) is 0 Å². The molecule has 1 saturated heterocycles. The zero-order valence-electron chi connectivity index (χ0n) is 12.2. The van der Waals surface area contributed by atoms with Crippen LogP contribution >= 0.6 is 0 Å². The van der Waals surface area contributed by atoms with Gasteiger partial charge in [0.05, 0.1) is 0 Å². The molecule has 7 nitrogen and oxygen atoms in total. The average Bonchev–Trinajstić information content (AvgIpc) is 2.85. The predicted octanol–water partition coefficient (Wildman–Crippen LogP) is 0.370. The van der Waals surface area contributed by atoms with Crippen molar-refractivity contribution in [1.82, 2.24) is 29.6 Å². The van der Waals surface area contributed by atoms with Crippen LogP contribution in [0.5, 0.6) is 0 Å². The monoisotopic (exact) mass is 288 g/mol. The molecule has 1 N–H and O–H groups in total. The van der Waals surface area contributed by atoms with Crippen LogP contribution in [0, 0.1) is 0 Å². The Labute approximate surface area is 123 Å². The summed E-state index contributed by atoms with van der Waals surface area (Å²) in [5.41, 5.74) is -0.0708.